The van der Waals surface area contributed by atoms with Gasteiger partial charge < -0.3 is 51.6 Å². The van der Waals surface area contributed by atoms with Gasteiger partial charge in [-0.3, -0.25) is 29.7 Å². The van der Waals surface area contributed by atoms with Crippen LogP contribution in [-0.2, 0) is 37.1 Å². The number of carbonyl (C=O) groups is 1. The molecule has 1 aromatic carbocycles. The normalized spacial score (nSPS) is 11.4. The first-order valence-corrected chi connectivity index (χ1v) is 43.5. The van der Waals surface area contributed by atoms with Gasteiger partial charge in [0.2, 0.25) is 0 Å². The molecule has 0 atom stereocenters. The number of primary amides is 1. The number of hydrogen-bond donors (Lipinski definition) is 9. The Hall–Kier alpha value is -12.5. The Bertz CT molecular complexity index is 6180. The fourth-order valence-corrected chi connectivity index (χ4v) is 16.5. The zero-order valence-corrected chi connectivity index (χ0v) is 77.6. The Kier molecular flexibility index (Phi) is 37.9. The van der Waals surface area contributed by atoms with Gasteiger partial charge in [-0.25, -0.2) is 69.8 Å². The number of anilines is 8. The van der Waals surface area contributed by atoms with Gasteiger partial charge in [0.05, 0.1) is 58.1 Å². The summed E-state index contributed by atoms with van der Waals surface area (Å²) in [6.45, 7) is 11.6. The number of pyridine rings is 6. The van der Waals surface area contributed by atoms with Crippen LogP contribution in [0.2, 0.25) is 15.1 Å². The number of aromatic nitrogens is 21. The van der Waals surface area contributed by atoms with Crippen molar-refractivity contribution in [3.63, 3.8) is 0 Å². The second-order valence-electron chi connectivity index (χ2n) is 25.9. The van der Waals surface area contributed by atoms with Crippen molar-refractivity contribution in [3.05, 3.63) is 242 Å². The number of rotatable bonds is 15. The minimum absolute atomic E-state index is 0.0332. The zero-order valence-electron chi connectivity index (χ0n) is 69.6. The molecule has 13 heterocycles. The van der Waals surface area contributed by atoms with Crippen LogP contribution in [0.3, 0.4) is 0 Å². The van der Waals surface area contributed by atoms with Crippen molar-refractivity contribution in [3.8, 4) is 0 Å². The number of halogens is 21. The lowest BCUT2D eigenvalue weighted by atomic mass is 10.2. The zero-order chi connectivity index (χ0) is 101. The number of aryl methyl sites for hydroxylation is 7. The quantitative estimate of drug-likeness (QED) is 0.0430. The predicted molar refractivity (Wildman–Crippen MR) is 475 cm³/mol. The molecule has 0 saturated heterocycles. The van der Waals surface area contributed by atoms with Gasteiger partial charge in [-0.2, -0.15) is 79.0 Å². The highest BCUT2D eigenvalue weighted by molar-refractivity contribution is 8.01. The highest BCUT2D eigenvalue weighted by Gasteiger charge is 2.44. The van der Waals surface area contributed by atoms with E-state index in [1.807, 2.05) is 19.1 Å². The van der Waals surface area contributed by atoms with Gasteiger partial charge in [-0.15, -0.1) is 10.2 Å². The van der Waals surface area contributed by atoms with Gasteiger partial charge in [0.15, 0.2) is 68.3 Å². The van der Waals surface area contributed by atoms with Crippen molar-refractivity contribution in [1.29, 1.82) is 0 Å². The van der Waals surface area contributed by atoms with Crippen LogP contribution in [0.25, 0.3) is 0 Å². The maximum Gasteiger partial charge on any atom is 0.434 e. The average Bonchev–Trinajstić information content (AvgIpc) is 0.764. The van der Waals surface area contributed by atoms with E-state index in [0.29, 0.717) is 95.3 Å². The van der Waals surface area contributed by atoms with Crippen LogP contribution in [-0.4, -0.2) is 111 Å². The summed E-state index contributed by atoms with van der Waals surface area (Å²) >= 11 is 23.9. The summed E-state index contributed by atoms with van der Waals surface area (Å²) in [6, 6.07) is 18.4. The number of carbonyl (C=O) groups excluding carboxylic acids is 1. The average molecular weight is 2100 g/mol. The van der Waals surface area contributed by atoms with E-state index in [4.69, 9.17) is 86.4 Å². The summed E-state index contributed by atoms with van der Waals surface area (Å²) in [5.41, 5.74) is 45.1. The molecule has 1 amide bonds. The lowest BCUT2D eigenvalue weighted by Crippen LogP contribution is -2.17. The van der Waals surface area contributed by atoms with Crippen molar-refractivity contribution in [2.75, 3.05) is 45.9 Å². The Morgan fingerprint density at radius 3 is 1.03 bits per heavy atom. The summed E-state index contributed by atoms with van der Waals surface area (Å²) in [7, 11) is 0. The minimum atomic E-state index is -5.06. The van der Waals surface area contributed by atoms with E-state index in [9.17, 15) is 83.8 Å². The lowest BCUT2D eigenvalue weighted by Gasteiger charge is -2.17. The van der Waals surface area contributed by atoms with Gasteiger partial charge in [0.1, 0.15) is 55.0 Å². The molecule has 0 bridgehead atoms. The molecule has 716 valence electrons. The van der Waals surface area contributed by atoms with Crippen LogP contribution in [0.15, 0.2) is 216 Å². The van der Waals surface area contributed by atoms with E-state index in [0.717, 1.165) is 80.5 Å². The molecule has 0 saturated carbocycles. The van der Waals surface area contributed by atoms with Crippen LogP contribution >= 0.6 is 117 Å². The molecule has 18 N–H and O–H groups in total. The Morgan fingerprint density at radius 2 is 0.632 bits per heavy atom. The van der Waals surface area contributed by atoms with E-state index in [-0.39, 0.29) is 91.9 Å². The topological polar surface area (TPSA) is 522 Å². The summed E-state index contributed by atoms with van der Waals surface area (Å²) in [5.74, 6) is 1.65. The molecule has 0 fully saturated rings. The first-order chi connectivity index (χ1) is 63.5. The molecule has 31 nitrogen and oxygen atoms in total. The number of nitrogens with two attached hydrogens (primary N) is 9. The third-order valence-electron chi connectivity index (χ3n) is 15.4. The summed E-state index contributed by atoms with van der Waals surface area (Å²) in [6.07, 6.45) is -14.5. The number of amides is 1. The minimum Gasteiger partial charge on any atom is -0.383 e. The van der Waals surface area contributed by atoms with Crippen molar-refractivity contribution in [2.24, 2.45) is 5.73 Å². The lowest BCUT2D eigenvalue weighted by molar-refractivity contribution is -0.150. The highest BCUT2D eigenvalue weighted by atomic mass is 35.5. The van der Waals surface area contributed by atoms with E-state index in [1.54, 1.807) is 58.4 Å². The van der Waals surface area contributed by atoms with Gasteiger partial charge in [0, 0.05) is 97.5 Å². The maximum absolute atomic E-state index is 13.0. The smallest absolute Gasteiger partial charge is 0.383 e. The molecule has 14 rings (SSSR count). The fraction of sp³-hybridized carbons (Fsp3) is 0.169. The third kappa shape index (κ3) is 31.8. The SMILES string of the molecule is Cc1cnc(Sc2c(C(F)(F)F)ccnc2C(F)(F)F)c(N)n1.Cc1cnc(Sc2cccc(Cl)c2Cl)c(N)n1.Cc1cnc(Sc2cccnc2C(F)(F)F)c(N)n1.Cc1nc(N)c(Sc2cccnc2C(F)(F)F)nc1C(N)=O.Cc1ncc(Sc2cccnc2C(F)(F)F)c(N)n1.Cc1ncc(Sc2ccnc(N)c2Cl)c(N)n1.Cc1nnc(Sc2cccnc2C(F)(F)F)c(N)n1. The molecule has 59 heteroatoms. The monoisotopic (exact) mass is 2090 g/mol. The maximum atomic E-state index is 13.0. The summed E-state index contributed by atoms with van der Waals surface area (Å²) < 4.78 is 232. The van der Waals surface area contributed by atoms with Crippen molar-refractivity contribution < 1.29 is 83.8 Å². The van der Waals surface area contributed by atoms with Crippen LogP contribution in [0.5, 0.6) is 0 Å². The van der Waals surface area contributed by atoms with Crippen LogP contribution in [0, 0.1) is 48.5 Å². The Balaban J connectivity index is 0.000000195. The Labute approximate surface area is 801 Å². The summed E-state index contributed by atoms with van der Waals surface area (Å²) in [4.78, 5) is 84.1. The molecule has 0 spiro atoms. The third-order valence-corrected chi connectivity index (χ3v) is 24.4. The van der Waals surface area contributed by atoms with E-state index in [1.165, 1.54) is 104 Å². The highest BCUT2D eigenvalue weighted by Crippen LogP contribution is 2.48. The predicted octanol–water partition coefficient (Wildman–Crippen LogP) is 20.1. The van der Waals surface area contributed by atoms with E-state index < -0.39 is 81.9 Å². The molecular formula is C77H63Cl3F18N30OS7. The number of nitrogens with zero attached hydrogens (tertiary/aromatic N) is 21. The molecule has 136 heavy (non-hydrogen) atoms. The van der Waals surface area contributed by atoms with Crippen LogP contribution in [0.4, 0.5) is 126 Å². The number of nitrogen functional groups attached to an aromatic ring is 8. The molecule has 0 aliphatic rings. The first kappa shape index (κ1) is 109. The van der Waals surface area contributed by atoms with Crippen LogP contribution < -0.4 is 51.6 Å². The molecule has 0 radical (unpaired) electrons. The molecule has 0 unspecified atom stereocenters. The largest absolute Gasteiger partial charge is 0.434 e. The fourth-order valence-electron chi connectivity index (χ4n) is 9.67. The van der Waals surface area contributed by atoms with Gasteiger partial charge in [0.25, 0.3) is 5.91 Å². The number of alkyl halides is 18. The van der Waals surface area contributed by atoms with Gasteiger partial charge >= 0.3 is 37.1 Å². The van der Waals surface area contributed by atoms with Crippen LogP contribution in [0.1, 0.15) is 84.8 Å². The Morgan fingerprint density at radius 1 is 0.287 bits per heavy atom. The number of hydrogen-bond acceptors (Lipinski definition) is 37. The summed E-state index contributed by atoms with van der Waals surface area (Å²) in [5, 5.41) is 9.47. The molecular weight excluding hydrogens is 2030 g/mol. The van der Waals surface area contributed by atoms with Gasteiger partial charge in [-0.1, -0.05) is 123 Å². The van der Waals surface area contributed by atoms with Gasteiger partial charge in [-0.05, 0) is 121 Å². The van der Waals surface area contributed by atoms with E-state index in [2.05, 4.69) is 105 Å². The molecule has 0 aliphatic carbocycles. The molecule has 0 aliphatic heterocycles. The number of benzene rings is 1. The van der Waals surface area contributed by atoms with E-state index >= 15 is 0 Å². The standard InChI is InChI=1S/C12H8F6N4S.C12H10F3N5OS.C11H9Cl2N3S.2C11H9F3N4S.C10H10ClN5S.C10H8F3N5S/c1-5-4-21-10(9(19)22-5)23-7-6(11(13,14)15)2-3-20-8(7)12(16,17)18;1-5-7(10(17)21)20-11(9(16)19-5)22-6-3-2-4-18-8(6)12(13,14)15;1-6-5-15-11(10(14)16-6)17-8-4-2-3-7(12)9(8)13;1-6-17-5-8(10(15)18-6)19-7-3-2-4-16-9(7)11(12,13)14;1-6-5-17-10(9(15)18-6)19-7-3-2-4-16-8(7)11(12,13)14;1-5-15-4-7(9(12)16-5)17-6-2-3-14-10(13)8(6)11;1-5-16-8(14)9(18-17-5)19-6-3-2-4-15-7(6)10(11,12)13/h2-4H,1H3,(H2,19,22);2-4H,1H3,(H2,16,19)(H2,17,21);2-5H,1H3,(H2,14,16);2-5H,1H3,(H2,15,17,18);2-5H,1H3,(H2,15,18);2-4H,1H3,(H2,13,14)(H2,12,15,16);2-4H,1H3,(H2,14,16,17). The van der Waals surface area contributed by atoms with Crippen molar-refractivity contribution >= 4 is 170 Å². The van der Waals surface area contributed by atoms with Crippen molar-refractivity contribution in [1.82, 2.24) is 105 Å². The van der Waals surface area contributed by atoms with Crippen molar-refractivity contribution in [2.45, 2.75) is 155 Å². The molecule has 13 aromatic heterocycles. The second-order valence-corrected chi connectivity index (χ2v) is 34.4. The first-order valence-electron chi connectivity index (χ1n) is 36.7. The molecule has 14 aromatic rings. The second kappa shape index (κ2) is 47.3.